The fraction of sp³-hybridized carbons (Fsp3) is 0.333. The van der Waals surface area contributed by atoms with Crippen molar-refractivity contribution in [2.24, 2.45) is 0 Å². The minimum Gasteiger partial charge on any atom is -0.466 e. The average Bonchev–Trinajstić information content (AvgIpc) is 2.65. The van der Waals surface area contributed by atoms with Crippen molar-refractivity contribution >= 4 is 28.9 Å². The number of carbonyl (C=O) groups excluding carboxylic acids is 2. The van der Waals surface area contributed by atoms with Crippen molar-refractivity contribution in [2.45, 2.75) is 33.3 Å². The Hall–Kier alpha value is -3.02. The van der Waals surface area contributed by atoms with Gasteiger partial charge in [-0.1, -0.05) is 6.07 Å². The highest BCUT2D eigenvalue weighted by atomic mass is 16.5. The van der Waals surface area contributed by atoms with Crippen LogP contribution in [0.2, 0.25) is 0 Å². The van der Waals surface area contributed by atoms with Crippen LogP contribution in [0, 0.1) is 6.92 Å². The molecule has 0 saturated carbocycles. The summed E-state index contributed by atoms with van der Waals surface area (Å²) in [5.74, 6) is -0.519. The predicted octanol–water partition coefficient (Wildman–Crippen LogP) is 3.57. The maximum atomic E-state index is 12.8. The summed E-state index contributed by atoms with van der Waals surface area (Å²) in [6.07, 6.45) is 0. The molecule has 2 aromatic rings. The molecule has 0 aliphatic carbocycles. The first-order chi connectivity index (χ1) is 12.9. The van der Waals surface area contributed by atoms with Gasteiger partial charge in [-0.25, -0.2) is 0 Å². The van der Waals surface area contributed by atoms with Gasteiger partial charge in [-0.05, 0) is 69.7 Å². The Balaban J connectivity index is 1.77. The fourth-order valence-corrected chi connectivity index (χ4v) is 3.08. The summed E-state index contributed by atoms with van der Waals surface area (Å²) in [6.45, 7) is 9.41. The first-order valence-corrected chi connectivity index (χ1v) is 9.15. The molecule has 0 aromatic heterocycles. The van der Waals surface area contributed by atoms with Crippen molar-refractivity contribution in [3.05, 3.63) is 48.0 Å². The smallest absolute Gasteiger partial charge is 0.278 e. The topological polar surface area (TPSA) is 70.7 Å². The summed E-state index contributed by atoms with van der Waals surface area (Å²) in [4.78, 5) is 27.6. The van der Waals surface area contributed by atoms with Gasteiger partial charge in [-0.3, -0.25) is 9.59 Å². The molecule has 0 fully saturated rings. The van der Waals surface area contributed by atoms with Gasteiger partial charge in [0.2, 0.25) is 0 Å². The normalized spacial score (nSPS) is 18.1. The van der Waals surface area contributed by atoms with Crippen LogP contribution in [-0.2, 0) is 9.59 Å². The van der Waals surface area contributed by atoms with Gasteiger partial charge in [0.25, 0.3) is 17.4 Å². The van der Waals surface area contributed by atoms with E-state index in [1.807, 2.05) is 43.3 Å². The lowest BCUT2D eigenvalue weighted by molar-refractivity contribution is -0.143. The minimum absolute atomic E-state index is 0.481. The lowest BCUT2D eigenvalue weighted by Crippen LogP contribution is -2.56. The Kier molecular flexibility index (Phi) is 5.08. The van der Waals surface area contributed by atoms with Crippen LogP contribution in [0.4, 0.5) is 17.1 Å². The molecule has 0 bridgehead atoms. The first kappa shape index (κ1) is 18.8. The van der Waals surface area contributed by atoms with Crippen molar-refractivity contribution in [1.82, 2.24) is 0 Å². The number of hydrogen-bond donors (Lipinski definition) is 2. The quantitative estimate of drug-likeness (QED) is 0.793. The third-order valence-corrected chi connectivity index (χ3v) is 4.82. The molecule has 2 aromatic carbocycles. The van der Waals surface area contributed by atoms with Crippen LogP contribution in [0.5, 0.6) is 5.75 Å². The highest BCUT2D eigenvalue weighted by Gasteiger charge is 2.47. The lowest BCUT2D eigenvalue weighted by atomic mass is 10.0. The van der Waals surface area contributed by atoms with Crippen LogP contribution >= 0.6 is 0 Å². The molecular formula is C21H25N3O3. The molecule has 1 aliphatic heterocycles. The van der Waals surface area contributed by atoms with Crippen molar-refractivity contribution in [1.29, 1.82) is 0 Å². The first-order valence-electron chi connectivity index (χ1n) is 9.15. The number of hydrogen-bond acceptors (Lipinski definition) is 4. The van der Waals surface area contributed by atoms with E-state index in [2.05, 4.69) is 29.4 Å². The number of carbonyl (C=O) groups is 2. The van der Waals surface area contributed by atoms with Crippen molar-refractivity contribution in [3.8, 4) is 5.75 Å². The van der Waals surface area contributed by atoms with E-state index in [1.165, 1.54) is 6.92 Å². The van der Waals surface area contributed by atoms with Gasteiger partial charge >= 0.3 is 0 Å². The number of aryl methyl sites for hydroxylation is 1. The van der Waals surface area contributed by atoms with Crippen LogP contribution in [0.1, 0.15) is 26.3 Å². The van der Waals surface area contributed by atoms with Crippen molar-refractivity contribution in [2.75, 3.05) is 28.6 Å². The molecule has 142 valence electrons. The summed E-state index contributed by atoms with van der Waals surface area (Å²) in [7, 11) is 0. The molecule has 0 spiro atoms. The van der Waals surface area contributed by atoms with Gasteiger partial charge in [0.05, 0.1) is 5.69 Å². The van der Waals surface area contributed by atoms with Gasteiger partial charge in [0.1, 0.15) is 5.75 Å². The van der Waals surface area contributed by atoms with Crippen molar-refractivity contribution in [3.63, 3.8) is 0 Å². The second-order valence-electron chi connectivity index (χ2n) is 6.76. The standard InChI is InChI=1S/C21H25N3O3/c1-5-24(6-2)16-10-8-15(9-11-16)22-19(25)21(4)20(26)23-17-13-14(3)7-12-18(17)27-21/h7-13H,5-6H2,1-4H3,(H,22,25)(H,23,26). The Labute approximate surface area is 159 Å². The zero-order valence-corrected chi connectivity index (χ0v) is 16.1. The van der Waals surface area contributed by atoms with Gasteiger partial charge in [0.15, 0.2) is 0 Å². The van der Waals surface area contributed by atoms with Crippen LogP contribution in [0.3, 0.4) is 0 Å². The molecule has 27 heavy (non-hydrogen) atoms. The van der Waals surface area contributed by atoms with E-state index in [9.17, 15) is 9.59 Å². The van der Waals surface area contributed by atoms with Crippen LogP contribution in [0.15, 0.2) is 42.5 Å². The van der Waals surface area contributed by atoms with E-state index >= 15 is 0 Å². The molecule has 2 amide bonds. The molecule has 6 heteroatoms. The molecule has 1 aliphatic rings. The van der Waals surface area contributed by atoms with Crippen LogP contribution in [-0.4, -0.2) is 30.5 Å². The summed E-state index contributed by atoms with van der Waals surface area (Å²) in [5.41, 5.74) is 1.64. The molecular weight excluding hydrogens is 342 g/mol. The summed E-state index contributed by atoms with van der Waals surface area (Å²) in [6, 6.07) is 13.0. The fourth-order valence-electron chi connectivity index (χ4n) is 3.08. The largest absolute Gasteiger partial charge is 0.466 e. The van der Waals surface area contributed by atoms with Gasteiger partial charge in [-0.2, -0.15) is 0 Å². The van der Waals surface area contributed by atoms with E-state index < -0.39 is 17.4 Å². The monoisotopic (exact) mass is 367 g/mol. The number of ether oxygens (including phenoxy) is 1. The second kappa shape index (κ2) is 7.31. The van der Waals surface area contributed by atoms with Gasteiger partial charge in [-0.15, -0.1) is 0 Å². The van der Waals surface area contributed by atoms with E-state index in [1.54, 1.807) is 6.07 Å². The van der Waals surface area contributed by atoms with Gasteiger partial charge < -0.3 is 20.3 Å². The number of nitrogens with one attached hydrogen (secondary N) is 2. The maximum absolute atomic E-state index is 12.8. The summed E-state index contributed by atoms with van der Waals surface area (Å²) in [5, 5.41) is 5.55. The zero-order valence-electron chi connectivity index (χ0n) is 16.1. The van der Waals surface area contributed by atoms with Gasteiger partial charge in [0, 0.05) is 24.5 Å². The maximum Gasteiger partial charge on any atom is 0.278 e. The van der Waals surface area contributed by atoms with E-state index in [4.69, 9.17) is 4.74 Å². The Morgan fingerprint density at radius 2 is 1.81 bits per heavy atom. The Bertz CT molecular complexity index is 859. The predicted molar refractivity (Wildman–Crippen MR) is 107 cm³/mol. The third kappa shape index (κ3) is 3.60. The Morgan fingerprint density at radius 3 is 2.44 bits per heavy atom. The SMILES string of the molecule is CCN(CC)c1ccc(NC(=O)C2(C)Oc3ccc(C)cc3NC2=O)cc1. The van der Waals surface area contributed by atoms with E-state index in [-0.39, 0.29) is 0 Å². The van der Waals surface area contributed by atoms with E-state index in [0.717, 1.165) is 24.3 Å². The highest BCUT2D eigenvalue weighted by Crippen LogP contribution is 2.35. The molecule has 1 atom stereocenters. The van der Waals surface area contributed by atoms with Crippen LogP contribution < -0.4 is 20.3 Å². The Morgan fingerprint density at radius 1 is 1.15 bits per heavy atom. The number of nitrogens with zero attached hydrogens (tertiary/aromatic N) is 1. The molecule has 2 N–H and O–H groups in total. The number of rotatable bonds is 5. The summed E-state index contributed by atoms with van der Waals surface area (Å²) < 4.78 is 5.79. The zero-order chi connectivity index (χ0) is 19.6. The lowest BCUT2D eigenvalue weighted by Gasteiger charge is -2.33. The second-order valence-corrected chi connectivity index (χ2v) is 6.76. The number of anilines is 3. The summed E-state index contributed by atoms with van der Waals surface area (Å²) >= 11 is 0. The van der Waals surface area contributed by atoms with Crippen molar-refractivity contribution < 1.29 is 14.3 Å². The van der Waals surface area contributed by atoms with Crippen LogP contribution in [0.25, 0.3) is 0 Å². The minimum atomic E-state index is -1.64. The average molecular weight is 367 g/mol. The molecule has 1 heterocycles. The van der Waals surface area contributed by atoms with E-state index in [0.29, 0.717) is 17.1 Å². The molecule has 1 unspecified atom stereocenters. The number of fused-ring (bicyclic) bond motifs is 1. The number of amides is 2. The molecule has 6 nitrogen and oxygen atoms in total. The highest BCUT2D eigenvalue weighted by molar-refractivity contribution is 6.19. The number of benzene rings is 2. The molecule has 3 rings (SSSR count). The molecule has 0 radical (unpaired) electrons. The third-order valence-electron chi connectivity index (χ3n) is 4.82. The molecule has 0 saturated heterocycles.